The van der Waals surface area contributed by atoms with Gasteiger partial charge < -0.3 is 5.32 Å². The van der Waals surface area contributed by atoms with E-state index in [1.807, 2.05) is 13.8 Å². The second-order valence-electron chi connectivity index (χ2n) is 4.33. The van der Waals surface area contributed by atoms with Gasteiger partial charge in [-0.2, -0.15) is 0 Å². The molecule has 0 radical (unpaired) electrons. The third-order valence-electron chi connectivity index (χ3n) is 2.48. The van der Waals surface area contributed by atoms with Gasteiger partial charge in [-0.3, -0.25) is 4.79 Å². The first kappa shape index (κ1) is 11.6. The second-order valence-corrected chi connectivity index (χ2v) is 4.33. The third-order valence-corrected chi connectivity index (χ3v) is 2.48. The van der Waals surface area contributed by atoms with Crippen LogP contribution >= 0.6 is 0 Å². The van der Waals surface area contributed by atoms with Gasteiger partial charge in [0.15, 0.2) is 0 Å². The van der Waals surface area contributed by atoms with Gasteiger partial charge in [-0.05, 0) is 48.9 Å². The molecule has 1 amide bonds. The predicted octanol–water partition coefficient (Wildman–Crippen LogP) is 3.12. The maximum Gasteiger partial charge on any atom is 0.251 e. The maximum atomic E-state index is 13.0. The Hall–Kier alpha value is -1.90. The van der Waals surface area contributed by atoms with E-state index in [1.54, 1.807) is 24.3 Å². The zero-order chi connectivity index (χ0) is 12.4. The van der Waals surface area contributed by atoms with Crippen molar-refractivity contribution in [1.29, 1.82) is 0 Å². The molecule has 2 nitrogen and oxygen atoms in total. The Labute approximate surface area is 99.4 Å². The molecule has 88 valence electrons. The smallest absolute Gasteiger partial charge is 0.251 e. The number of amides is 1. The van der Waals surface area contributed by atoms with Crippen LogP contribution in [0.1, 0.15) is 24.2 Å². The summed E-state index contributed by atoms with van der Waals surface area (Å²) < 4.78 is 13.0. The maximum absolute atomic E-state index is 13.0. The minimum absolute atomic E-state index is 0.103. The molecule has 0 unspecified atom stereocenters. The number of benzene rings is 2. The highest BCUT2D eigenvalue weighted by molar-refractivity contribution is 5.98. The van der Waals surface area contributed by atoms with Gasteiger partial charge in [0.2, 0.25) is 0 Å². The quantitative estimate of drug-likeness (QED) is 0.845. The van der Waals surface area contributed by atoms with Crippen LogP contribution in [0.15, 0.2) is 36.4 Å². The van der Waals surface area contributed by atoms with Gasteiger partial charge in [0.1, 0.15) is 5.82 Å². The van der Waals surface area contributed by atoms with E-state index in [1.165, 1.54) is 12.1 Å². The van der Waals surface area contributed by atoms with Crippen molar-refractivity contribution in [2.75, 3.05) is 0 Å². The molecule has 0 fully saturated rings. The van der Waals surface area contributed by atoms with E-state index in [-0.39, 0.29) is 17.8 Å². The van der Waals surface area contributed by atoms with E-state index in [4.69, 9.17) is 0 Å². The van der Waals surface area contributed by atoms with E-state index in [2.05, 4.69) is 5.32 Å². The molecule has 0 heterocycles. The Morgan fingerprint density at radius 1 is 1.12 bits per heavy atom. The van der Waals surface area contributed by atoms with Crippen molar-refractivity contribution in [1.82, 2.24) is 5.32 Å². The number of nitrogens with one attached hydrogen (secondary N) is 1. The highest BCUT2D eigenvalue weighted by Crippen LogP contribution is 2.17. The predicted molar refractivity (Wildman–Crippen MR) is 66.5 cm³/mol. The summed E-state index contributed by atoms with van der Waals surface area (Å²) in [4.78, 5) is 11.8. The number of carbonyl (C=O) groups excluding carboxylic acids is 1. The normalized spacial score (nSPS) is 10.8. The summed E-state index contributed by atoms with van der Waals surface area (Å²) in [5, 5.41) is 4.48. The van der Waals surface area contributed by atoms with E-state index in [0.29, 0.717) is 5.56 Å². The fourth-order valence-electron chi connectivity index (χ4n) is 1.70. The van der Waals surface area contributed by atoms with Crippen LogP contribution in [0.25, 0.3) is 10.8 Å². The lowest BCUT2D eigenvalue weighted by atomic mass is 10.1. The largest absolute Gasteiger partial charge is 0.350 e. The molecule has 0 aliphatic heterocycles. The summed E-state index contributed by atoms with van der Waals surface area (Å²) in [5.74, 6) is -0.372. The topological polar surface area (TPSA) is 29.1 Å². The lowest BCUT2D eigenvalue weighted by Crippen LogP contribution is -2.29. The van der Waals surface area contributed by atoms with Crippen molar-refractivity contribution in [2.45, 2.75) is 19.9 Å². The molecule has 17 heavy (non-hydrogen) atoms. The molecule has 0 saturated heterocycles. The van der Waals surface area contributed by atoms with Crippen LogP contribution in [0, 0.1) is 5.82 Å². The average molecular weight is 231 g/mol. The van der Waals surface area contributed by atoms with Crippen molar-refractivity contribution < 1.29 is 9.18 Å². The lowest BCUT2D eigenvalue weighted by molar-refractivity contribution is 0.0943. The Morgan fingerprint density at radius 3 is 2.47 bits per heavy atom. The Morgan fingerprint density at radius 2 is 1.76 bits per heavy atom. The van der Waals surface area contributed by atoms with Crippen LogP contribution in [-0.2, 0) is 0 Å². The molecule has 3 heteroatoms. The molecule has 2 rings (SSSR count). The van der Waals surface area contributed by atoms with Gasteiger partial charge in [-0.1, -0.05) is 12.1 Å². The molecule has 0 spiro atoms. The molecule has 0 atom stereocenters. The Balaban J connectivity index is 2.38. The first-order valence-electron chi connectivity index (χ1n) is 5.56. The fraction of sp³-hybridized carbons (Fsp3) is 0.214. The minimum Gasteiger partial charge on any atom is -0.350 e. The zero-order valence-corrected chi connectivity index (χ0v) is 9.83. The number of fused-ring (bicyclic) bond motifs is 1. The molecule has 0 aliphatic rings. The average Bonchev–Trinajstić information content (AvgIpc) is 2.27. The first-order chi connectivity index (χ1) is 8.06. The number of hydrogen-bond donors (Lipinski definition) is 1. The van der Waals surface area contributed by atoms with Gasteiger partial charge in [0.25, 0.3) is 5.91 Å². The Bertz CT molecular complexity index is 563. The zero-order valence-electron chi connectivity index (χ0n) is 9.83. The van der Waals surface area contributed by atoms with Crippen LogP contribution in [0.3, 0.4) is 0 Å². The van der Waals surface area contributed by atoms with Gasteiger partial charge in [0.05, 0.1) is 0 Å². The van der Waals surface area contributed by atoms with Crippen LogP contribution in [-0.4, -0.2) is 11.9 Å². The monoisotopic (exact) mass is 231 g/mol. The standard InChI is InChI=1S/C14H14FNO/c1-9(2)16-14(17)12-4-3-11-8-13(15)6-5-10(11)7-12/h3-9H,1-2H3,(H,16,17). The van der Waals surface area contributed by atoms with E-state index >= 15 is 0 Å². The van der Waals surface area contributed by atoms with Gasteiger partial charge in [-0.15, -0.1) is 0 Å². The third kappa shape index (κ3) is 2.61. The molecule has 0 aromatic heterocycles. The lowest BCUT2D eigenvalue weighted by Gasteiger charge is -2.08. The number of rotatable bonds is 2. The van der Waals surface area contributed by atoms with Crippen molar-refractivity contribution in [3.05, 3.63) is 47.8 Å². The highest BCUT2D eigenvalue weighted by Gasteiger charge is 2.07. The van der Waals surface area contributed by atoms with Crippen LogP contribution in [0.2, 0.25) is 0 Å². The minimum atomic E-state index is -0.267. The van der Waals surface area contributed by atoms with Crippen LogP contribution < -0.4 is 5.32 Å². The molecule has 2 aromatic rings. The fourth-order valence-corrected chi connectivity index (χ4v) is 1.70. The summed E-state index contributed by atoms with van der Waals surface area (Å²) in [6.07, 6.45) is 0. The van der Waals surface area contributed by atoms with Gasteiger partial charge >= 0.3 is 0 Å². The first-order valence-corrected chi connectivity index (χ1v) is 5.56. The van der Waals surface area contributed by atoms with E-state index in [9.17, 15) is 9.18 Å². The number of carbonyl (C=O) groups is 1. The number of halogens is 1. The van der Waals surface area contributed by atoms with Crippen LogP contribution in [0.5, 0.6) is 0 Å². The summed E-state index contributed by atoms with van der Waals surface area (Å²) in [5.41, 5.74) is 0.595. The second kappa shape index (κ2) is 4.53. The summed E-state index contributed by atoms with van der Waals surface area (Å²) >= 11 is 0. The van der Waals surface area contributed by atoms with Gasteiger partial charge in [-0.25, -0.2) is 4.39 Å². The molecule has 1 N–H and O–H groups in total. The molecule has 2 aromatic carbocycles. The molecular formula is C14H14FNO. The van der Waals surface area contributed by atoms with E-state index in [0.717, 1.165) is 10.8 Å². The van der Waals surface area contributed by atoms with Crippen LogP contribution in [0.4, 0.5) is 4.39 Å². The summed E-state index contributed by atoms with van der Waals surface area (Å²) in [6.45, 7) is 3.82. The SMILES string of the molecule is CC(C)NC(=O)c1ccc2cc(F)ccc2c1. The molecule has 0 saturated carbocycles. The number of hydrogen-bond acceptors (Lipinski definition) is 1. The summed E-state index contributed by atoms with van der Waals surface area (Å²) in [7, 11) is 0. The van der Waals surface area contributed by atoms with E-state index < -0.39 is 0 Å². The van der Waals surface area contributed by atoms with Gasteiger partial charge in [0, 0.05) is 11.6 Å². The van der Waals surface area contributed by atoms with Crippen molar-refractivity contribution >= 4 is 16.7 Å². The van der Waals surface area contributed by atoms with Crippen molar-refractivity contribution in [2.24, 2.45) is 0 Å². The molecular weight excluding hydrogens is 217 g/mol. The summed E-state index contributed by atoms with van der Waals surface area (Å²) in [6, 6.07) is 9.87. The molecule has 0 bridgehead atoms. The van der Waals surface area contributed by atoms with Crippen molar-refractivity contribution in [3.63, 3.8) is 0 Å². The highest BCUT2D eigenvalue weighted by atomic mass is 19.1. The van der Waals surface area contributed by atoms with Crippen molar-refractivity contribution in [3.8, 4) is 0 Å². The Kier molecular flexibility index (Phi) is 3.09. The molecule has 0 aliphatic carbocycles.